The van der Waals surface area contributed by atoms with Crippen LogP contribution in [0.2, 0.25) is 5.02 Å². The quantitative estimate of drug-likeness (QED) is 0.280. The van der Waals surface area contributed by atoms with E-state index in [4.69, 9.17) is 11.6 Å². The van der Waals surface area contributed by atoms with E-state index in [0.717, 1.165) is 25.8 Å². The van der Waals surface area contributed by atoms with E-state index in [2.05, 4.69) is 31.2 Å². The number of nitro groups is 1. The molecule has 0 aliphatic carbocycles. The highest BCUT2D eigenvalue weighted by atomic mass is 79.9. The lowest BCUT2D eigenvalue weighted by atomic mass is 10.1. The number of nitrogens with one attached hydrogen (secondary N) is 1. The molecule has 0 bridgehead atoms. The molecular weight excluding hydrogens is 452 g/mol. The van der Waals surface area contributed by atoms with Gasteiger partial charge in [-0.25, -0.2) is 9.97 Å². The average Bonchev–Trinajstić information content (AvgIpc) is 3.09. The maximum Gasteiger partial charge on any atom is 0.289 e. The minimum Gasteiger partial charge on any atom is -0.339 e. The molecular formula is C18H10BrClN4O2S. The van der Waals surface area contributed by atoms with Gasteiger partial charge >= 0.3 is 0 Å². The van der Waals surface area contributed by atoms with Crippen LogP contribution in [0, 0.1) is 10.1 Å². The Labute approximate surface area is 171 Å². The summed E-state index contributed by atoms with van der Waals surface area (Å²) in [6.45, 7) is 0. The monoisotopic (exact) mass is 460 g/mol. The summed E-state index contributed by atoms with van der Waals surface area (Å²) < 4.78 is 0.994. The number of fused-ring (bicyclic) bond motifs is 1. The Morgan fingerprint density at radius 2 is 1.93 bits per heavy atom. The summed E-state index contributed by atoms with van der Waals surface area (Å²) in [6, 6.07) is 12.5. The molecule has 134 valence electrons. The highest BCUT2D eigenvalue weighted by molar-refractivity contribution is 9.10. The molecule has 0 aliphatic heterocycles. The number of halogens is 2. The number of hydrogen-bond acceptors (Lipinski definition) is 6. The molecule has 4 rings (SSSR count). The van der Waals surface area contributed by atoms with Crippen molar-refractivity contribution in [3.8, 4) is 11.1 Å². The summed E-state index contributed by atoms with van der Waals surface area (Å²) in [5, 5.41) is 17.3. The molecule has 9 heteroatoms. The van der Waals surface area contributed by atoms with Crippen LogP contribution in [0.5, 0.6) is 0 Å². The van der Waals surface area contributed by atoms with Gasteiger partial charge in [-0.3, -0.25) is 10.1 Å². The third kappa shape index (κ3) is 3.51. The lowest BCUT2D eigenvalue weighted by molar-refractivity contribution is -0.384. The van der Waals surface area contributed by atoms with E-state index < -0.39 is 4.92 Å². The zero-order valence-electron chi connectivity index (χ0n) is 13.5. The fraction of sp³-hybridized carbons (Fsp3) is 0. The van der Waals surface area contributed by atoms with Gasteiger partial charge in [0.25, 0.3) is 5.69 Å². The lowest BCUT2D eigenvalue weighted by Crippen LogP contribution is -1.97. The third-order valence-corrected chi connectivity index (χ3v) is 5.67. The van der Waals surface area contributed by atoms with Crippen LogP contribution in [0.1, 0.15) is 0 Å². The Kier molecular flexibility index (Phi) is 4.77. The first-order valence-electron chi connectivity index (χ1n) is 7.72. The van der Waals surface area contributed by atoms with Gasteiger partial charge in [0.1, 0.15) is 22.0 Å². The third-order valence-electron chi connectivity index (χ3n) is 3.93. The van der Waals surface area contributed by atoms with Gasteiger partial charge in [0.05, 0.1) is 10.3 Å². The average molecular weight is 462 g/mol. The molecule has 0 amide bonds. The zero-order valence-corrected chi connectivity index (χ0v) is 16.7. The maximum absolute atomic E-state index is 11.1. The molecule has 27 heavy (non-hydrogen) atoms. The smallest absolute Gasteiger partial charge is 0.289 e. The summed E-state index contributed by atoms with van der Waals surface area (Å²) in [7, 11) is 0. The van der Waals surface area contributed by atoms with Crippen molar-refractivity contribution >= 4 is 66.3 Å². The second-order valence-electron chi connectivity index (χ2n) is 5.61. The van der Waals surface area contributed by atoms with Crippen molar-refractivity contribution in [2.24, 2.45) is 0 Å². The minimum atomic E-state index is -0.513. The molecule has 2 aromatic heterocycles. The molecule has 0 atom stereocenters. The van der Waals surface area contributed by atoms with E-state index in [1.54, 1.807) is 6.07 Å². The molecule has 6 nitrogen and oxygen atoms in total. The minimum absolute atomic E-state index is 0.0875. The van der Waals surface area contributed by atoms with Crippen LogP contribution in [0.3, 0.4) is 0 Å². The molecule has 0 fully saturated rings. The van der Waals surface area contributed by atoms with E-state index in [9.17, 15) is 10.1 Å². The standard InChI is InChI=1S/C18H10BrClN4O2S/c19-11-3-1-10(2-4-11)13-8-27-18-16(13)17(21-9-22-18)23-12-5-6-14(20)15(7-12)24(25)26/h1-9H,(H,21,22,23). The van der Waals surface area contributed by atoms with Crippen molar-refractivity contribution in [1.29, 1.82) is 0 Å². The number of hydrogen-bond donors (Lipinski definition) is 1. The number of nitro benzene ring substituents is 1. The van der Waals surface area contributed by atoms with Crippen molar-refractivity contribution in [2.75, 3.05) is 5.32 Å². The number of nitrogens with zero attached hydrogens (tertiary/aromatic N) is 3. The highest BCUT2D eigenvalue weighted by Gasteiger charge is 2.16. The molecule has 0 spiro atoms. The van der Waals surface area contributed by atoms with Crippen molar-refractivity contribution in [3.63, 3.8) is 0 Å². The van der Waals surface area contributed by atoms with Gasteiger partial charge in [0.15, 0.2) is 0 Å². The Balaban J connectivity index is 1.81. The first-order chi connectivity index (χ1) is 13.0. The Hall–Kier alpha value is -2.55. The molecule has 0 saturated heterocycles. The number of anilines is 2. The zero-order chi connectivity index (χ0) is 19.0. The first kappa shape index (κ1) is 17.8. The predicted molar refractivity (Wildman–Crippen MR) is 112 cm³/mol. The first-order valence-corrected chi connectivity index (χ1v) is 9.77. The summed E-state index contributed by atoms with van der Waals surface area (Å²) >= 11 is 10.8. The lowest BCUT2D eigenvalue weighted by Gasteiger charge is -2.09. The van der Waals surface area contributed by atoms with Crippen LogP contribution < -0.4 is 5.32 Å². The Morgan fingerprint density at radius 1 is 1.15 bits per heavy atom. The number of rotatable bonds is 4. The van der Waals surface area contributed by atoms with Crippen LogP contribution in [-0.2, 0) is 0 Å². The van der Waals surface area contributed by atoms with Gasteiger partial charge in [0, 0.05) is 27.2 Å². The van der Waals surface area contributed by atoms with Gasteiger partial charge in [-0.2, -0.15) is 0 Å². The van der Waals surface area contributed by atoms with E-state index in [0.29, 0.717) is 11.5 Å². The van der Waals surface area contributed by atoms with Crippen molar-refractivity contribution in [3.05, 3.63) is 73.8 Å². The molecule has 0 radical (unpaired) electrons. The molecule has 2 heterocycles. The number of benzene rings is 2. The van der Waals surface area contributed by atoms with E-state index >= 15 is 0 Å². The number of aromatic nitrogens is 2. The summed E-state index contributed by atoms with van der Waals surface area (Å²) in [5.74, 6) is 0.579. The molecule has 0 aliphatic rings. The number of thiophene rings is 1. The maximum atomic E-state index is 11.1. The van der Waals surface area contributed by atoms with Gasteiger partial charge < -0.3 is 5.32 Å². The Bertz CT molecular complexity index is 1160. The summed E-state index contributed by atoms with van der Waals surface area (Å²) in [6.07, 6.45) is 1.47. The SMILES string of the molecule is O=[N+]([O-])c1cc(Nc2ncnc3scc(-c4ccc(Br)cc4)c23)ccc1Cl. The van der Waals surface area contributed by atoms with Crippen LogP contribution in [0.4, 0.5) is 17.2 Å². The molecule has 0 unspecified atom stereocenters. The van der Waals surface area contributed by atoms with E-state index in [1.807, 2.05) is 29.6 Å². The highest BCUT2D eigenvalue weighted by Crippen LogP contribution is 2.38. The molecule has 2 aromatic carbocycles. The topological polar surface area (TPSA) is 81.0 Å². The van der Waals surface area contributed by atoms with Gasteiger partial charge in [-0.15, -0.1) is 11.3 Å². The fourth-order valence-electron chi connectivity index (χ4n) is 2.68. The predicted octanol–water partition coefficient (Wildman–Crippen LogP) is 6.43. The van der Waals surface area contributed by atoms with Crippen LogP contribution in [0.25, 0.3) is 21.3 Å². The van der Waals surface area contributed by atoms with Crippen molar-refractivity contribution in [1.82, 2.24) is 9.97 Å². The van der Waals surface area contributed by atoms with E-state index in [1.165, 1.54) is 29.8 Å². The fourth-order valence-corrected chi connectivity index (χ4v) is 4.05. The second-order valence-corrected chi connectivity index (χ2v) is 7.79. The van der Waals surface area contributed by atoms with Crippen LogP contribution >= 0.6 is 38.9 Å². The summed E-state index contributed by atoms with van der Waals surface area (Å²) in [5.41, 5.74) is 2.39. The van der Waals surface area contributed by atoms with Crippen molar-refractivity contribution in [2.45, 2.75) is 0 Å². The normalized spacial score (nSPS) is 10.9. The van der Waals surface area contributed by atoms with Crippen LogP contribution in [0.15, 0.2) is 58.6 Å². The van der Waals surface area contributed by atoms with E-state index in [-0.39, 0.29) is 10.7 Å². The van der Waals surface area contributed by atoms with Gasteiger partial charge in [-0.05, 0) is 29.8 Å². The second kappa shape index (κ2) is 7.22. The van der Waals surface area contributed by atoms with Crippen molar-refractivity contribution < 1.29 is 4.92 Å². The molecule has 0 saturated carbocycles. The molecule has 1 N–H and O–H groups in total. The van der Waals surface area contributed by atoms with Gasteiger partial charge in [0.2, 0.25) is 0 Å². The van der Waals surface area contributed by atoms with Crippen LogP contribution in [-0.4, -0.2) is 14.9 Å². The van der Waals surface area contributed by atoms with Gasteiger partial charge in [-0.1, -0.05) is 39.7 Å². The molecule has 4 aromatic rings. The largest absolute Gasteiger partial charge is 0.339 e. The Morgan fingerprint density at radius 3 is 2.67 bits per heavy atom. The summed E-state index contributed by atoms with van der Waals surface area (Å²) in [4.78, 5) is 20.1.